The van der Waals surface area contributed by atoms with Gasteiger partial charge in [-0.3, -0.25) is 0 Å². The lowest BCUT2D eigenvalue weighted by Crippen LogP contribution is -1.78. The van der Waals surface area contributed by atoms with Crippen molar-refractivity contribution in [3.8, 4) is 5.75 Å². The monoisotopic (exact) mass is 230 g/mol. The number of benzene rings is 1. The number of phenols is 1. The molecule has 1 nitrogen and oxygen atoms in total. The van der Waals surface area contributed by atoms with Gasteiger partial charge in [-0.1, -0.05) is 26.8 Å². The van der Waals surface area contributed by atoms with Crippen LogP contribution in [0.3, 0.4) is 0 Å². The molecule has 1 aromatic rings. The zero-order valence-electron chi connectivity index (χ0n) is 7.76. The first kappa shape index (κ1) is 11.5. The first-order chi connectivity index (χ1) is 5.74. The molecule has 1 rings (SSSR count). The summed E-state index contributed by atoms with van der Waals surface area (Å²) < 4.78 is 0.754. The Morgan fingerprint density at radius 2 is 1.92 bits per heavy atom. The lowest BCUT2D eigenvalue weighted by atomic mass is 10.2. The van der Waals surface area contributed by atoms with Crippen LogP contribution < -0.4 is 0 Å². The van der Waals surface area contributed by atoms with Gasteiger partial charge in [0.15, 0.2) is 0 Å². The van der Waals surface area contributed by atoms with Crippen LogP contribution >= 0.6 is 15.9 Å². The van der Waals surface area contributed by atoms with Crippen molar-refractivity contribution in [1.29, 1.82) is 0 Å². The second-order valence-corrected chi connectivity index (χ2v) is 2.99. The molecule has 2 heteroatoms. The van der Waals surface area contributed by atoms with E-state index in [1.807, 2.05) is 26.0 Å². The molecule has 0 amide bonds. The number of aryl methyl sites for hydroxylation is 1. The molecule has 0 saturated carbocycles. The van der Waals surface area contributed by atoms with Gasteiger partial charge in [0.05, 0.1) is 4.47 Å². The van der Waals surface area contributed by atoms with Crippen LogP contribution in [-0.4, -0.2) is 5.11 Å². The molecule has 0 radical (unpaired) electrons. The molecular weight excluding hydrogens is 216 g/mol. The summed E-state index contributed by atoms with van der Waals surface area (Å²) in [5.74, 6) is 0.319. The highest BCUT2D eigenvalue weighted by Gasteiger charge is 1.96. The van der Waals surface area contributed by atoms with Gasteiger partial charge in [-0.15, -0.1) is 0 Å². The van der Waals surface area contributed by atoms with Crippen LogP contribution in [-0.2, 0) is 6.42 Å². The van der Waals surface area contributed by atoms with Gasteiger partial charge >= 0.3 is 0 Å². The molecule has 0 aliphatic carbocycles. The molecule has 0 fully saturated rings. The maximum absolute atomic E-state index is 9.18. The molecule has 1 N–H and O–H groups in total. The lowest BCUT2D eigenvalue weighted by Gasteiger charge is -1.98. The summed E-state index contributed by atoms with van der Waals surface area (Å²) >= 11 is 3.21. The van der Waals surface area contributed by atoms with Crippen LogP contribution in [0.4, 0.5) is 0 Å². The Labute approximate surface area is 82.6 Å². The first-order valence-electron chi connectivity index (χ1n) is 4.21. The van der Waals surface area contributed by atoms with E-state index in [9.17, 15) is 5.11 Å². The minimum absolute atomic E-state index is 0.319. The van der Waals surface area contributed by atoms with E-state index in [4.69, 9.17) is 0 Å². The summed E-state index contributed by atoms with van der Waals surface area (Å²) in [6.07, 6.45) is 0.959. The van der Waals surface area contributed by atoms with Crippen LogP contribution in [0.15, 0.2) is 22.7 Å². The minimum Gasteiger partial charge on any atom is -0.507 e. The van der Waals surface area contributed by atoms with Crippen molar-refractivity contribution in [2.24, 2.45) is 0 Å². The summed E-state index contributed by atoms with van der Waals surface area (Å²) in [7, 11) is 0. The first-order valence-corrected chi connectivity index (χ1v) is 5.00. The van der Waals surface area contributed by atoms with Gasteiger partial charge in [-0.2, -0.15) is 0 Å². The van der Waals surface area contributed by atoms with Gasteiger partial charge in [0.2, 0.25) is 0 Å². The predicted octanol–water partition coefficient (Wildman–Crippen LogP) is 3.74. The quantitative estimate of drug-likeness (QED) is 0.780. The van der Waals surface area contributed by atoms with Gasteiger partial charge in [0, 0.05) is 0 Å². The normalized spacial score (nSPS) is 8.67. The van der Waals surface area contributed by atoms with Crippen LogP contribution in [0, 0.1) is 0 Å². The Morgan fingerprint density at radius 1 is 1.33 bits per heavy atom. The Morgan fingerprint density at radius 3 is 2.33 bits per heavy atom. The van der Waals surface area contributed by atoms with Crippen LogP contribution in [0.2, 0.25) is 0 Å². The van der Waals surface area contributed by atoms with Gasteiger partial charge in [0.1, 0.15) is 5.75 Å². The van der Waals surface area contributed by atoms with Gasteiger partial charge in [0.25, 0.3) is 0 Å². The van der Waals surface area contributed by atoms with Crippen LogP contribution in [0.25, 0.3) is 0 Å². The molecule has 0 saturated heterocycles. The molecule has 0 aromatic heterocycles. The van der Waals surface area contributed by atoms with E-state index in [2.05, 4.69) is 22.9 Å². The fourth-order valence-corrected chi connectivity index (χ4v) is 1.02. The van der Waals surface area contributed by atoms with Gasteiger partial charge in [-0.05, 0) is 40.0 Å². The number of hydrogen-bond donors (Lipinski definition) is 1. The van der Waals surface area contributed by atoms with Crippen molar-refractivity contribution in [3.63, 3.8) is 0 Å². The second kappa shape index (κ2) is 6.06. The summed E-state index contributed by atoms with van der Waals surface area (Å²) in [5.41, 5.74) is 1.15. The Kier molecular flexibility index (Phi) is 5.81. The van der Waals surface area contributed by atoms with E-state index in [-0.39, 0.29) is 0 Å². The van der Waals surface area contributed by atoms with Gasteiger partial charge < -0.3 is 5.11 Å². The molecule has 0 spiro atoms. The van der Waals surface area contributed by atoms with Crippen molar-refractivity contribution < 1.29 is 5.11 Å². The van der Waals surface area contributed by atoms with Crippen molar-refractivity contribution in [2.45, 2.75) is 27.2 Å². The lowest BCUT2D eigenvalue weighted by molar-refractivity contribution is 0.471. The van der Waals surface area contributed by atoms with Crippen molar-refractivity contribution in [3.05, 3.63) is 28.2 Å². The Balaban J connectivity index is 0.000000561. The summed E-state index contributed by atoms with van der Waals surface area (Å²) in [6, 6.07) is 5.61. The minimum atomic E-state index is 0.319. The van der Waals surface area contributed by atoms with Crippen LogP contribution in [0.1, 0.15) is 26.3 Å². The molecule has 0 unspecified atom stereocenters. The van der Waals surface area contributed by atoms with Gasteiger partial charge in [-0.25, -0.2) is 0 Å². The Hall–Kier alpha value is -0.500. The fraction of sp³-hybridized carbons (Fsp3) is 0.400. The van der Waals surface area contributed by atoms with Crippen molar-refractivity contribution in [2.75, 3.05) is 0 Å². The number of hydrogen-bond acceptors (Lipinski definition) is 1. The maximum Gasteiger partial charge on any atom is 0.130 e. The number of aromatic hydroxyl groups is 1. The SMILES string of the molecule is CC.CCc1ccc(Br)c(O)c1. The molecular formula is C10H15BrO. The van der Waals surface area contributed by atoms with Crippen LogP contribution in [0.5, 0.6) is 5.75 Å². The summed E-state index contributed by atoms with van der Waals surface area (Å²) in [5, 5.41) is 9.18. The standard InChI is InChI=1S/C8H9BrO.C2H6/c1-2-6-3-4-7(9)8(10)5-6;1-2/h3-5,10H,2H2,1H3;1-2H3. The van der Waals surface area contributed by atoms with Crippen molar-refractivity contribution >= 4 is 15.9 Å². The molecule has 12 heavy (non-hydrogen) atoms. The topological polar surface area (TPSA) is 20.2 Å². The second-order valence-electron chi connectivity index (χ2n) is 2.14. The van der Waals surface area contributed by atoms with E-state index in [0.29, 0.717) is 5.75 Å². The van der Waals surface area contributed by atoms with E-state index in [1.165, 1.54) is 0 Å². The third-order valence-corrected chi connectivity index (χ3v) is 2.09. The van der Waals surface area contributed by atoms with Crippen molar-refractivity contribution in [1.82, 2.24) is 0 Å². The largest absolute Gasteiger partial charge is 0.507 e. The van der Waals surface area contributed by atoms with E-state index in [1.54, 1.807) is 6.07 Å². The highest BCUT2D eigenvalue weighted by Crippen LogP contribution is 2.24. The average Bonchev–Trinajstić information content (AvgIpc) is 2.13. The zero-order chi connectivity index (χ0) is 9.56. The highest BCUT2D eigenvalue weighted by molar-refractivity contribution is 9.10. The number of halogens is 1. The molecule has 1 aromatic carbocycles. The molecule has 68 valence electrons. The van der Waals surface area contributed by atoms with E-state index in [0.717, 1.165) is 16.5 Å². The third-order valence-electron chi connectivity index (χ3n) is 1.42. The molecule has 0 aliphatic rings. The summed E-state index contributed by atoms with van der Waals surface area (Å²) in [4.78, 5) is 0. The third kappa shape index (κ3) is 3.26. The average molecular weight is 231 g/mol. The van der Waals surface area contributed by atoms with E-state index < -0.39 is 0 Å². The highest BCUT2D eigenvalue weighted by atomic mass is 79.9. The molecule has 0 bridgehead atoms. The van der Waals surface area contributed by atoms with E-state index >= 15 is 0 Å². The number of phenolic OH excluding ortho intramolecular Hbond substituents is 1. The molecule has 0 atom stereocenters. The molecule has 0 heterocycles. The number of rotatable bonds is 1. The molecule has 0 aliphatic heterocycles. The zero-order valence-corrected chi connectivity index (χ0v) is 9.35. The fourth-order valence-electron chi connectivity index (χ4n) is 0.778. The maximum atomic E-state index is 9.18. The Bertz CT molecular complexity index is 233. The predicted molar refractivity (Wildman–Crippen MR) is 56.5 cm³/mol. The summed E-state index contributed by atoms with van der Waals surface area (Å²) in [6.45, 7) is 6.06. The smallest absolute Gasteiger partial charge is 0.130 e.